The van der Waals surface area contributed by atoms with Gasteiger partial charge in [0, 0.05) is 26.1 Å². The molecule has 0 atom stereocenters. The lowest BCUT2D eigenvalue weighted by Crippen LogP contribution is -2.39. The van der Waals surface area contributed by atoms with E-state index in [1.807, 2.05) is 11.8 Å². The minimum Gasteiger partial charge on any atom is -0.337 e. The highest BCUT2D eigenvalue weighted by molar-refractivity contribution is 5.92. The first-order chi connectivity index (χ1) is 8.11. The summed E-state index contributed by atoms with van der Waals surface area (Å²) in [6, 6.07) is 4.07. The lowest BCUT2D eigenvalue weighted by atomic mass is 9.98. The van der Waals surface area contributed by atoms with Crippen LogP contribution in [0, 0.1) is 24.2 Å². The Morgan fingerprint density at radius 2 is 2.18 bits per heavy atom. The van der Waals surface area contributed by atoms with Crippen molar-refractivity contribution in [3.05, 3.63) is 17.5 Å². The third kappa shape index (κ3) is 2.31. The van der Waals surface area contributed by atoms with Crippen LogP contribution >= 0.6 is 0 Å². The molecule has 2 rings (SSSR count). The van der Waals surface area contributed by atoms with Gasteiger partial charge in [0.15, 0.2) is 0 Å². The third-order valence-electron chi connectivity index (χ3n) is 3.19. The smallest absolute Gasteiger partial charge is 0.272 e. The molecule has 17 heavy (non-hydrogen) atoms. The molecular formula is C12H16N4O. The quantitative estimate of drug-likeness (QED) is 0.728. The molecule has 1 aliphatic heterocycles. The highest BCUT2D eigenvalue weighted by atomic mass is 16.2. The summed E-state index contributed by atoms with van der Waals surface area (Å²) in [6.07, 6.45) is 1.55. The van der Waals surface area contributed by atoms with Crippen LogP contribution in [-0.4, -0.2) is 33.7 Å². The van der Waals surface area contributed by atoms with Crippen molar-refractivity contribution in [1.29, 1.82) is 5.26 Å². The number of carbonyl (C=O) groups excluding carboxylic acids is 1. The molecule has 0 aliphatic carbocycles. The molecule has 0 unspecified atom stereocenters. The van der Waals surface area contributed by atoms with E-state index in [4.69, 9.17) is 5.26 Å². The predicted octanol–water partition coefficient (Wildman–Crippen LogP) is 1.10. The maximum absolute atomic E-state index is 12.2. The van der Waals surface area contributed by atoms with Crippen molar-refractivity contribution in [1.82, 2.24) is 14.7 Å². The number of amides is 1. The molecule has 5 nitrogen and oxygen atoms in total. The van der Waals surface area contributed by atoms with E-state index >= 15 is 0 Å². The number of hydrogen-bond acceptors (Lipinski definition) is 3. The van der Waals surface area contributed by atoms with Crippen LogP contribution in [0.5, 0.6) is 0 Å². The standard InChI is InChI=1S/C12H16N4O/c1-9-7-11(15(2)14-9)12(17)16-5-3-10(8-13)4-6-16/h7,10H,3-6H2,1-2H3. The average molecular weight is 232 g/mol. The lowest BCUT2D eigenvalue weighted by Gasteiger charge is -2.28. The zero-order chi connectivity index (χ0) is 12.4. The molecule has 0 radical (unpaired) electrons. The van der Waals surface area contributed by atoms with E-state index in [0.29, 0.717) is 18.8 Å². The van der Waals surface area contributed by atoms with E-state index in [9.17, 15) is 4.79 Å². The van der Waals surface area contributed by atoms with Crippen LogP contribution < -0.4 is 0 Å². The number of rotatable bonds is 1. The average Bonchev–Trinajstić information content (AvgIpc) is 2.68. The van der Waals surface area contributed by atoms with Gasteiger partial charge < -0.3 is 4.90 Å². The van der Waals surface area contributed by atoms with Crippen molar-refractivity contribution in [3.63, 3.8) is 0 Å². The van der Waals surface area contributed by atoms with E-state index in [-0.39, 0.29) is 11.8 Å². The van der Waals surface area contributed by atoms with Crippen molar-refractivity contribution in [2.75, 3.05) is 13.1 Å². The van der Waals surface area contributed by atoms with Gasteiger partial charge in [0.1, 0.15) is 5.69 Å². The molecule has 2 heterocycles. The Kier molecular flexibility index (Phi) is 3.14. The summed E-state index contributed by atoms with van der Waals surface area (Å²) in [5, 5.41) is 13.0. The van der Waals surface area contributed by atoms with Gasteiger partial charge in [0.05, 0.1) is 11.8 Å². The highest BCUT2D eigenvalue weighted by Crippen LogP contribution is 2.18. The van der Waals surface area contributed by atoms with Crippen LogP contribution in [0.25, 0.3) is 0 Å². The predicted molar refractivity (Wildman–Crippen MR) is 62.2 cm³/mol. The second-order valence-electron chi connectivity index (χ2n) is 4.49. The Hall–Kier alpha value is -1.83. The monoisotopic (exact) mass is 232 g/mol. The summed E-state index contributed by atoms with van der Waals surface area (Å²) in [7, 11) is 1.78. The number of carbonyl (C=O) groups is 1. The molecule has 1 aromatic heterocycles. The fraction of sp³-hybridized carbons (Fsp3) is 0.583. The molecule has 5 heteroatoms. The second kappa shape index (κ2) is 4.58. The molecule has 0 aromatic carbocycles. The summed E-state index contributed by atoms with van der Waals surface area (Å²) in [4.78, 5) is 14.0. The van der Waals surface area contributed by atoms with Crippen LogP contribution in [0.4, 0.5) is 0 Å². The summed E-state index contributed by atoms with van der Waals surface area (Å²) in [6.45, 7) is 3.21. The summed E-state index contributed by atoms with van der Waals surface area (Å²) in [5.41, 5.74) is 1.47. The second-order valence-corrected chi connectivity index (χ2v) is 4.49. The number of aromatic nitrogens is 2. The summed E-state index contributed by atoms with van der Waals surface area (Å²) < 4.78 is 1.62. The fourth-order valence-corrected chi connectivity index (χ4v) is 2.18. The number of nitriles is 1. The van der Waals surface area contributed by atoms with Gasteiger partial charge in [0.2, 0.25) is 0 Å². The van der Waals surface area contributed by atoms with Gasteiger partial charge in [-0.05, 0) is 25.8 Å². The van der Waals surface area contributed by atoms with E-state index in [2.05, 4.69) is 11.2 Å². The molecule has 1 aromatic rings. The number of nitrogens with zero attached hydrogens (tertiary/aromatic N) is 4. The van der Waals surface area contributed by atoms with Crippen molar-refractivity contribution < 1.29 is 4.79 Å². The Labute approximate surface area is 101 Å². The largest absolute Gasteiger partial charge is 0.337 e. The molecule has 1 aliphatic rings. The molecule has 0 spiro atoms. The van der Waals surface area contributed by atoms with Crippen molar-refractivity contribution in [2.45, 2.75) is 19.8 Å². The molecule has 0 N–H and O–H groups in total. The van der Waals surface area contributed by atoms with Crippen LogP contribution in [0.1, 0.15) is 29.0 Å². The number of aryl methyl sites for hydroxylation is 2. The van der Waals surface area contributed by atoms with Crippen molar-refractivity contribution in [2.24, 2.45) is 13.0 Å². The first-order valence-corrected chi connectivity index (χ1v) is 5.81. The maximum Gasteiger partial charge on any atom is 0.272 e. The first-order valence-electron chi connectivity index (χ1n) is 5.81. The van der Waals surface area contributed by atoms with Gasteiger partial charge in [-0.25, -0.2) is 0 Å². The fourth-order valence-electron chi connectivity index (χ4n) is 2.18. The SMILES string of the molecule is Cc1cc(C(=O)N2CCC(C#N)CC2)n(C)n1. The zero-order valence-electron chi connectivity index (χ0n) is 10.2. The first kappa shape index (κ1) is 11.6. The summed E-state index contributed by atoms with van der Waals surface area (Å²) in [5.74, 6) is 0.122. The molecule has 1 amide bonds. The van der Waals surface area contributed by atoms with Gasteiger partial charge in [-0.3, -0.25) is 9.48 Å². The normalized spacial score (nSPS) is 16.9. The van der Waals surface area contributed by atoms with Crippen LogP contribution in [0.15, 0.2) is 6.07 Å². The van der Waals surface area contributed by atoms with E-state index in [1.54, 1.807) is 17.8 Å². The lowest BCUT2D eigenvalue weighted by molar-refractivity contribution is 0.0696. The summed E-state index contributed by atoms with van der Waals surface area (Å²) >= 11 is 0. The topological polar surface area (TPSA) is 61.9 Å². The molecule has 0 bridgehead atoms. The van der Waals surface area contributed by atoms with Crippen LogP contribution in [0.2, 0.25) is 0 Å². The van der Waals surface area contributed by atoms with Gasteiger partial charge in [-0.15, -0.1) is 0 Å². The van der Waals surface area contributed by atoms with Crippen LogP contribution in [0.3, 0.4) is 0 Å². The maximum atomic E-state index is 12.2. The zero-order valence-corrected chi connectivity index (χ0v) is 10.2. The number of likely N-dealkylation sites (tertiary alicyclic amines) is 1. The third-order valence-corrected chi connectivity index (χ3v) is 3.19. The Morgan fingerprint density at radius 1 is 1.53 bits per heavy atom. The van der Waals surface area contributed by atoms with Gasteiger partial charge in [-0.1, -0.05) is 0 Å². The highest BCUT2D eigenvalue weighted by Gasteiger charge is 2.25. The molecule has 1 saturated heterocycles. The van der Waals surface area contributed by atoms with Crippen molar-refractivity contribution >= 4 is 5.91 Å². The van der Waals surface area contributed by atoms with Gasteiger partial charge in [-0.2, -0.15) is 10.4 Å². The van der Waals surface area contributed by atoms with E-state index in [0.717, 1.165) is 18.5 Å². The molecule has 0 saturated carbocycles. The Bertz CT molecular complexity index is 463. The minimum absolute atomic E-state index is 0.0180. The van der Waals surface area contributed by atoms with Crippen LogP contribution in [-0.2, 0) is 7.05 Å². The van der Waals surface area contributed by atoms with Gasteiger partial charge in [0.25, 0.3) is 5.91 Å². The van der Waals surface area contributed by atoms with Gasteiger partial charge >= 0.3 is 0 Å². The van der Waals surface area contributed by atoms with E-state index < -0.39 is 0 Å². The Morgan fingerprint density at radius 3 is 2.65 bits per heavy atom. The minimum atomic E-state index is 0.0180. The number of hydrogen-bond donors (Lipinski definition) is 0. The number of piperidine rings is 1. The molecule has 90 valence electrons. The molecular weight excluding hydrogens is 216 g/mol. The Balaban J connectivity index is 2.07. The van der Waals surface area contributed by atoms with E-state index in [1.165, 1.54) is 0 Å². The molecule has 1 fully saturated rings. The van der Waals surface area contributed by atoms with Crippen molar-refractivity contribution in [3.8, 4) is 6.07 Å².